The molecule has 10 heteroatoms. The van der Waals surface area contributed by atoms with Crippen LogP contribution in [0.5, 0.6) is 0 Å². The highest BCUT2D eigenvalue weighted by atomic mass is 32.2. The number of benzene rings is 1. The topological polar surface area (TPSA) is 132 Å². The van der Waals surface area contributed by atoms with Gasteiger partial charge < -0.3 is 14.8 Å². The molecule has 0 saturated heterocycles. The van der Waals surface area contributed by atoms with Crippen LogP contribution in [-0.4, -0.2) is 21.3 Å². The lowest BCUT2D eigenvalue weighted by Crippen LogP contribution is -2.34. The SMILES string of the molecule is Cc1oc(S(=N)(=O)NC(=O)Nc2c3c(c(F)c4c2CCC4)CCC3)cc1C(=O)O. The summed E-state index contributed by atoms with van der Waals surface area (Å²) in [4.78, 5) is 23.7. The summed E-state index contributed by atoms with van der Waals surface area (Å²) in [5, 5.41) is 11.3. The van der Waals surface area contributed by atoms with Crippen LogP contribution in [0.25, 0.3) is 0 Å². The molecular formula is C19H20FN3O5S. The molecule has 0 spiro atoms. The molecule has 4 rings (SSSR count). The number of amides is 2. The number of carboxylic acids is 1. The first-order chi connectivity index (χ1) is 13.7. The Kier molecular flexibility index (Phi) is 4.60. The van der Waals surface area contributed by atoms with Crippen molar-refractivity contribution in [2.75, 3.05) is 5.32 Å². The number of aromatic carboxylic acids is 1. The maximum absolute atomic E-state index is 14.7. The predicted molar refractivity (Wildman–Crippen MR) is 102 cm³/mol. The van der Waals surface area contributed by atoms with Crippen LogP contribution in [0.1, 0.15) is 51.2 Å². The quantitative estimate of drug-likeness (QED) is 0.599. The number of nitrogens with one attached hydrogen (secondary N) is 3. The first-order valence-electron chi connectivity index (χ1n) is 9.25. The Labute approximate surface area is 166 Å². The van der Waals surface area contributed by atoms with Crippen molar-refractivity contribution in [2.45, 2.75) is 50.5 Å². The van der Waals surface area contributed by atoms with Gasteiger partial charge >= 0.3 is 12.0 Å². The molecular weight excluding hydrogens is 401 g/mol. The molecule has 154 valence electrons. The number of anilines is 1. The van der Waals surface area contributed by atoms with Gasteiger partial charge in [0.1, 0.15) is 17.1 Å². The Morgan fingerprint density at radius 3 is 2.21 bits per heavy atom. The van der Waals surface area contributed by atoms with E-state index >= 15 is 0 Å². The van der Waals surface area contributed by atoms with E-state index < -0.39 is 27.0 Å². The van der Waals surface area contributed by atoms with Crippen molar-refractivity contribution in [1.82, 2.24) is 4.72 Å². The van der Waals surface area contributed by atoms with Crippen molar-refractivity contribution in [1.29, 1.82) is 4.78 Å². The van der Waals surface area contributed by atoms with Gasteiger partial charge in [0.15, 0.2) is 9.92 Å². The van der Waals surface area contributed by atoms with Crippen LogP contribution in [0, 0.1) is 17.5 Å². The molecule has 1 unspecified atom stereocenters. The van der Waals surface area contributed by atoms with E-state index in [0.29, 0.717) is 42.5 Å². The number of rotatable bonds is 4. The summed E-state index contributed by atoms with van der Waals surface area (Å²) >= 11 is 0. The highest BCUT2D eigenvalue weighted by Crippen LogP contribution is 2.40. The number of furan rings is 1. The third-order valence-electron chi connectivity index (χ3n) is 5.45. The van der Waals surface area contributed by atoms with Crippen molar-refractivity contribution in [2.24, 2.45) is 0 Å². The van der Waals surface area contributed by atoms with Gasteiger partial charge in [-0.2, -0.15) is 0 Å². The monoisotopic (exact) mass is 421 g/mol. The number of halogens is 1. The van der Waals surface area contributed by atoms with E-state index in [4.69, 9.17) is 14.3 Å². The molecule has 0 aliphatic heterocycles. The largest absolute Gasteiger partial charge is 0.478 e. The third kappa shape index (κ3) is 3.27. The Balaban J connectivity index is 1.61. The molecule has 2 aromatic rings. The van der Waals surface area contributed by atoms with Gasteiger partial charge in [-0.15, -0.1) is 0 Å². The molecule has 1 aromatic carbocycles. The number of hydrogen-bond acceptors (Lipinski definition) is 5. The predicted octanol–water partition coefficient (Wildman–Crippen LogP) is 3.55. The van der Waals surface area contributed by atoms with Gasteiger partial charge in [-0.05, 0) is 67.7 Å². The second-order valence-corrected chi connectivity index (χ2v) is 8.98. The number of hydrogen-bond donors (Lipinski definition) is 4. The summed E-state index contributed by atoms with van der Waals surface area (Å²) in [5.41, 5.74) is 3.09. The van der Waals surface area contributed by atoms with E-state index in [2.05, 4.69) is 10.0 Å². The zero-order chi connectivity index (χ0) is 20.9. The van der Waals surface area contributed by atoms with Crippen LogP contribution >= 0.6 is 0 Å². The van der Waals surface area contributed by atoms with Gasteiger partial charge in [0.25, 0.3) is 0 Å². The summed E-state index contributed by atoms with van der Waals surface area (Å²) in [7, 11) is -3.92. The number of carbonyl (C=O) groups is 2. The van der Waals surface area contributed by atoms with E-state index in [1.165, 1.54) is 6.92 Å². The molecule has 2 amide bonds. The normalized spacial score (nSPS) is 16.8. The third-order valence-corrected chi connectivity index (χ3v) is 6.69. The van der Waals surface area contributed by atoms with Crippen molar-refractivity contribution < 1.29 is 27.7 Å². The van der Waals surface area contributed by atoms with E-state index in [1.54, 1.807) is 0 Å². The van der Waals surface area contributed by atoms with Crippen molar-refractivity contribution in [3.05, 3.63) is 45.5 Å². The van der Waals surface area contributed by atoms with Gasteiger partial charge in [-0.1, -0.05) is 0 Å². The first kappa shape index (κ1) is 19.4. The number of aryl methyl sites for hydroxylation is 1. The van der Waals surface area contributed by atoms with Crippen LogP contribution in [0.15, 0.2) is 15.6 Å². The van der Waals surface area contributed by atoms with Gasteiger partial charge in [0, 0.05) is 11.8 Å². The summed E-state index contributed by atoms with van der Waals surface area (Å²) in [6.07, 6.45) is 4.11. The molecule has 0 saturated carbocycles. The lowest BCUT2D eigenvalue weighted by molar-refractivity contribution is 0.0695. The van der Waals surface area contributed by atoms with Crippen molar-refractivity contribution in [3.63, 3.8) is 0 Å². The molecule has 0 radical (unpaired) electrons. The molecule has 8 nitrogen and oxygen atoms in total. The van der Waals surface area contributed by atoms with E-state index in [1.807, 2.05) is 0 Å². The Morgan fingerprint density at radius 2 is 1.69 bits per heavy atom. The van der Waals surface area contributed by atoms with Crippen molar-refractivity contribution >= 4 is 27.6 Å². The maximum atomic E-state index is 14.7. The second-order valence-electron chi connectivity index (χ2n) is 7.26. The Bertz CT molecular complexity index is 1120. The van der Waals surface area contributed by atoms with Gasteiger partial charge in [0.2, 0.25) is 5.09 Å². The number of fused-ring (bicyclic) bond motifs is 2. The molecule has 29 heavy (non-hydrogen) atoms. The standard InChI is InChI=1S/C19H20FN3O5S/c1-9-14(18(24)25)8-15(28-9)29(21,27)23-19(26)22-17-12-6-2-4-10(12)16(20)11-5-3-7-13(11)17/h8H,2-7H2,1H3,(H,24,25)(H3,21,22,23,26,27). The zero-order valence-corrected chi connectivity index (χ0v) is 16.5. The van der Waals surface area contributed by atoms with Crippen LogP contribution in [0.4, 0.5) is 14.9 Å². The molecule has 2 aliphatic rings. The summed E-state index contributed by atoms with van der Waals surface area (Å²) < 4.78 is 42.5. The minimum Gasteiger partial charge on any atom is -0.478 e. The number of carbonyl (C=O) groups excluding carboxylic acids is 1. The summed E-state index contributed by atoms with van der Waals surface area (Å²) in [6, 6.07) is 0.0892. The highest BCUT2D eigenvalue weighted by Gasteiger charge is 2.30. The fourth-order valence-corrected chi connectivity index (χ4v) is 5.11. The van der Waals surface area contributed by atoms with Gasteiger partial charge in [0.05, 0.1) is 0 Å². The summed E-state index contributed by atoms with van der Waals surface area (Å²) in [5.74, 6) is -1.47. The molecule has 2 aliphatic carbocycles. The lowest BCUT2D eigenvalue weighted by atomic mass is 9.98. The minimum atomic E-state index is -3.92. The van der Waals surface area contributed by atoms with Crippen LogP contribution in [0.3, 0.4) is 0 Å². The Hall–Kier alpha value is -2.88. The average molecular weight is 421 g/mol. The molecule has 1 atom stereocenters. The molecule has 4 N–H and O–H groups in total. The molecule has 0 bridgehead atoms. The Morgan fingerprint density at radius 1 is 1.14 bits per heavy atom. The lowest BCUT2D eigenvalue weighted by Gasteiger charge is -2.17. The smallest absolute Gasteiger partial charge is 0.339 e. The molecule has 1 aromatic heterocycles. The van der Waals surface area contributed by atoms with Gasteiger partial charge in [-0.3, -0.25) is 0 Å². The first-order valence-corrected chi connectivity index (χ1v) is 10.8. The van der Waals surface area contributed by atoms with Crippen LogP contribution in [-0.2, 0) is 35.6 Å². The van der Waals surface area contributed by atoms with Gasteiger partial charge in [-0.25, -0.2) is 27.7 Å². The minimum absolute atomic E-state index is 0.0103. The van der Waals surface area contributed by atoms with Crippen LogP contribution < -0.4 is 10.0 Å². The second kappa shape index (κ2) is 6.87. The zero-order valence-electron chi connectivity index (χ0n) is 15.7. The number of urea groups is 1. The molecule has 0 fully saturated rings. The van der Waals surface area contributed by atoms with Crippen LogP contribution in [0.2, 0.25) is 0 Å². The summed E-state index contributed by atoms with van der Waals surface area (Å²) in [6.45, 7) is 1.37. The van der Waals surface area contributed by atoms with E-state index in [9.17, 15) is 18.2 Å². The van der Waals surface area contributed by atoms with E-state index in [-0.39, 0.29) is 17.1 Å². The number of carboxylic acid groups (broad SMARTS) is 1. The van der Waals surface area contributed by atoms with Crippen molar-refractivity contribution in [3.8, 4) is 0 Å². The highest BCUT2D eigenvalue weighted by molar-refractivity contribution is 7.91. The fourth-order valence-electron chi connectivity index (χ4n) is 4.17. The average Bonchev–Trinajstić information content (AvgIpc) is 3.36. The fraction of sp³-hybridized carbons (Fsp3) is 0.368. The van der Waals surface area contributed by atoms with E-state index in [0.717, 1.165) is 30.0 Å². The molecule has 1 heterocycles. The maximum Gasteiger partial charge on any atom is 0.339 e.